The Morgan fingerprint density at radius 1 is 0.927 bits per heavy atom. The molecule has 0 fully saturated rings. The quantitative estimate of drug-likeness (QED) is 0.264. The van der Waals surface area contributed by atoms with Crippen LogP contribution >= 0.6 is 15.9 Å². The van der Waals surface area contributed by atoms with E-state index in [0.717, 1.165) is 19.9 Å². The van der Waals surface area contributed by atoms with E-state index in [2.05, 4.69) is 21.2 Å². The molecule has 0 bridgehead atoms. The molecule has 41 heavy (non-hydrogen) atoms. The van der Waals surface area contributed by atoms with Crippen LogP contribution in [0.5, 0.6) is 5.75 Å². The third kappa shape index (κ3) is 8.81. The van der Waals surface area contributed by atoms with Gasteiger partial charge in [0.15, 0.2) is 0 Å². The van der Waals surface area contributed by atoms with Gasteiger partial charge in [-0.3, -0.25) is 13.9 Å². The summed E-state index contributed by atoms with van der Waals surface area (Å²) in [6.07, 6.45) is 0. The number of anilines is 1. The van der Waals surface area contributed by atoms with E-state index in [4.69, 9.17) is 4.74 Å². The minimum atomic E-state index is -4.15. The summed E-state index contributed by atoms with van der Waals surface area (Å²) in [6, 6.07) is 19.6. The highest BCUT2D eigenvalue weighted by atomic mass is 79.9. The third-order valence-corrected chi connectivity index (χ3v) is 8.76. The van der Waals surface area contributed by atoms with E-state index >= 15 is 0 Å². The van der Waals surface area contributed by atoms with E-state index in [-0.39, 0.29) is 23.3 Å². The molecule has 8 nitrogen and oxygen atoms in total. The fourth-order valence-electron chi connectivity index (χ4n) is 4.06. The number of ether oxygens (including phenoxy) is 1. The largest absolute Gasteiger partial charge is 0.494 e. The average Bonchev–Trinajstić information content (AvgIpc) is 2.94. The molecule has 3 aromatic rings. The molecule has 0 unspecified atom stereocenters. The maximum Gasteiger partial charge on any atom is 0.264 e. The summed E-state index contributed by atoms with van der Waals surface area (Å²) in [5.74, 6) is 0.00787. The number of amides is 2. The van der Waals surface area contributed by atoms with Gasteiger partial charge in [-0.25, -0.2) is 8.42 Å². The van der Waals surface area contributed by atoms with Crippen molar-refractivity contribution in [2.24, 2.45) is 5.92 Å². The van der Waals surface area contributed by atoms with Gasteiger partial charge >= 0.3 is 0 Å². The number of hydrogen-bond acceptors (Lipinski definition) is 5. The predicted molar refractivity (Wildman–Crippen MR) is 165 cm³/mol. The molecule has 2 amide bonds. The lowest BCUT2D eigenvalue weighted by Gasteiger charge is -2.32. The first-order valence-corrected chi connectivity index (χ1v) is 15.8. The monoisotopic (exact) mass is 643 g/mol. The number of carbonyl (C=O) groups excluding carboxylic acids is 2. The standard InChI is InChI=1S/C31H38BrN3O5S/c1-6-40-28-15-13-27(14-16-28)35(41(38,39)29-17-11-26(32)12-18-29)21-30(36)34(20-25-9-7-23(4)8-10-25)24(5)31(37)33-19-22(2)3/h7-18,22,24H,6,19-21H2,1-5H3,(H,33,37)/t24-/m0/s1. The van der Waals surface area contributed by atoms with Crippen LogP contribution in [-0.2, 0) is 26.2 Å². The molecule has 0 aliphatic carbocycles. The zero-order valence-corrected chi connectivity index (χ0v) is 26.5. The number of rotatable bonds is 13. The Labute approximate surface area is 251 Å². The van der Waals surface area contributed by atoms with E-state index in [0.29, 0.717) is 24.6 Å². The molecular weight excluding hydrogens is 606 g/mol. The summed E-state index contributed by atoms with van der Waals surface area (Å²) in [7, 11) is -4.15. The van der Waals surface area contributed by atoms with Crippen molar-refractivity contribution in [1.82, 2.24) is 10.2 Å². The lowest BCUT2D eigenvalue weighted by atomic mass is 10.1. The first kappa shape index (κ1) is 32.1. The zero-order valence-electron chi connectivity index (χ0n) is 24.1. The number of aryl methyl sites for hydroxylation is 1. The van der Waals surface area contributed by atoms with Gasteiger partial charge in [-0.05, 0) is 80.8 Å². The smallest absolute Gasteiger partial charge is 0.264 e. The Morgan fingerprint density at radius 3 is 2.10 bits per heavy atom. The van der Waals surface area contributed by atoms with Crippen LogP contribution < -0.4 is 14.4 Å². The number of hydrogen-bond donors (Lipinski definition) is 1. The van der Waals surface area contributed by atoms with E-state index in [1.54, 1.807) is 43.3 Å². The van der Waals surface area contributed by atoms with Gasteiger partial charge in [0.05, 0.1) is 17.2 Å². The van der Waals surface area contributed by atoms with Crippen LogP contribution in [0.25, 0.3) is 0 Å². The maximum absolute atomic E-state index is 14.0. The van der Waals surface area contributed by atoms with Gasteiger partial charge in [0.2, 0.25) is 11.8 Å². The Morgan fingerprint density at radius 2 is 1.54 bits per heavy atom. The van der Waals surface area contributed by atoms with E-state index < -0.39 is 28.5 Å². The van der Waals surface area contributed by atoms with Crippen molar-refractivity contribution in [3.05, 3.63) is 88.4 Å². The van der Waals surface area contributed by atoms with Crippen molar-refractivity contribution in [3.63, 3.8) is 0 Å². The second-order valence-corrected chi connectivity index (χ2v) is 13.0. The molecule has 10 heteroatoms. The van der Waals surface area contributed by atoms with Gasteiger partial charge in [-0.1, -0.05) is 59.6 Å². The second kappa shape index (κ2) is 14.5. The van der Waals surface area contributed by atoms with Crippen molar-refractivity contribution in [2.75, 3.05) is 24.0 Å². The van der Waals surface area contributed by atoms with Crippen LogP contribution in [0.15, 0.2) is 82.2 Å². The molecule has 3 aromatic carbocycles. The lowest BCUT2D eigenvalue weighted by Crippen LogP contribution is -2.51. The summed E-state index contributed by atoms with van der Waals surface area (Å²) < 4.78 is 35.2. The van der Waals surface area contributed by atoms with Gasteiger partial charge in [0.25, 0.3) is 10.0 Å². The van der Waals surface area contributed by atoms with Crippen LogP contribution in [-0.4, -0.2) is 50.9 Å². The molecule has 0 saturated carbocycles. The van der Waals surface area contributed by atoms with Gasteiger partial charge < -0.3 is 15.0 Å². The predicted octanol–water partition coefficient (Wildman–Crippen LogP) is 5.54. The second-order valence-electron chi connectivity index (χ2n) is 10.2. The van der Waals surface area contributed by atoms with Gasteiger partial charge in [-0.15, -0.1) is 0 Å². The molecule has 220 valence electrons. The summed E-state index contributed by atoms with van der Waals surface area (Å²) in [5.41, 5.74) is 2.20. The average molecular weight is 645 g/mol. The van der Waals surface area contributed by atoms with Gasteiger partial charge in [-0.2, -0.15) is 0 Å². The van der Waals surface area contributed by atoms with Crippen LogP contribution in [0.4, 0.5) is 5.69 Å². The first-order valence-electron chi connectivity index (χ1n) is 13.6. The summed E-state index contributed by atoms with van der Waals surface area (Å²) in [6.45, 7) is 10.0. The van der Waals surface area contributed by atoms with Crippen molar-refractivity contribution in [3.8, 4) is 5.75 Å². The Hall–Kier alpha value is -3.37. The molecular formula is C31H38BrN3O5S. The lowest BCUT2D eigenvalue weighted by molar-refractivity contribution is -0.139. The number of nitrogens with zero attached hydrogens (tertiary/aromatic N) is 2. The van der Waals surface area contributed by atoms with Gasteiger partial charge in [0.1, 0.15) is 18.3 Å². The minimum Gasteiger partial charge on any atom is -0.494 e. The van der Waals surface area contributed by atoms with Crippen LogP contribution in [0.3, 0.4) is 0 Å². The van der Waals surface area contributed by atoms with Gasteiger partial charge in [0, 0.05) is 17.6 Å². The van der Waals surface area contributed by atoms with E-state index in [1.165, 1.54) is 17.0 Å². The Kier molecular flexibility index (Phi) is 11.4. The van der Waals surface area contributed by atoms with E-state index in [1.807, 2.05) is 52.0 Å². The fourth-order valence-corrected chi connectivity index (χ4v) is 5.74. The Bertz CT molecular complexity index is 1410. The van der Waals surface area contributed by atoms with Crippen molar-refractivity contribution >= 4 is 43.5 Å². The molecule has 0 aromatic heterocycles. The van der Waals surface area contributed by atoms with E-state index in [9.17, 15) is 18.0 Å². The number of halogens is 1. The molecule has 1 N–H and O–H groups in total. The fraction of sp³-hybridized carbons (Fsp3) is 0.355. The first-order chi connectivity index (χ1) is 19.4. The normalized spacial score (nSPS) is 12.1. The molecule has 0 spiro atoms. The van der Waals surface area contributed by atoms with Crippen molar-refractivity contribution in [1.29, 1.82) is 0 Å². The van der Waals surface area contributed by atoms with Crippen molar-refractivity contribution in [2.45, 2.75) is 52.1 Å². The molecule has 0 saturated heterocycles. The highest BCUT2D eigenvalue weighted by Crippen LogP contribution is 2.27. The molecule has 1 atom stereocenters. The summed E-state index contributed by atoms with van der Waals surface area (Å²) >= 11 is 3.34. The summed E-state index contributed by atoms with van der Waals surface area (Å²) in [4.78, 5) is 28.5. The number of nitrogens with one attached hydrogen (secondary N) is 1. The number of carbonyl (C=O) groups is 2. The number of benzene rings is 3. The van der Waals surface area contributed by atoms with Crippen LogP contribution in [0, 0.1) is 12.8 Å². The van der Waals surface area contributed by atoms with Crippen LogP contribution in [0.1, 0.15) is 38.8 Å². The number of sulfonamides is 1. The van der Waals surface area contributed by atoms with Crippen molar-refractivity contribution < 1.29 is 22.7 Å². The maximum atomic E-state index is 14.0. The third-order valence-electron chi connectivity index (χ3n) is 6.44. The Balaban J connectivity index is 2.01. The SMILES string of the molecule is CCOc1ccc(N(CC(=O)N(Cc2ccc(C)cc2)[C@@H](C)C(=O)NCC(C)C)S(=O)(=O)c2ccc(Br)cc2)cc1. The molecule has 0 aliphatic rings. The molecule has 0 radical (unpaired) electrons. The minimum absolute atomic E-state index is 0.0372. The highest BCUT2D eigenvalue weighted by Gasteiger charge is 2.32. The summed E-state index contributed by atoms with van der Waals surface area (Å²) in [5, 5.41) is 2.89. The topological polar surface area (TPSA) is 96.0 Å². The highest BCUT2D eigenvalue weighted by molar-refractivity contribution is 9.10. The van der Waals surface area contributed by atoms with Crippen LogP contribution in [0.2, 0.25) is 0 Å². The molecule has 3 rings (SSSR count). The zero-order chi connectivity index (χ0) is 30.2. The molecule has 0 aliphatic heterocycles. The molecule has 0 heterocycles.